The van der Waals surface area contributed by atoms with Gasteiger partial charge in [0.05, 0.1) is 0 Å². The lowest BCUT2D eigenvalue weighted by atomic mass is 9.98. The minimum atomic E-state index is 0.344. The number of nitrogens with one attached hydrogen (secondary N) is 1. The van der Waals surface area contributed by atoms with Crippen molar-refractivity contribution in [1.82, 2.24) is 4.98 Å². The van der Waals surface area contributed by atoms with Gasteiger partial charge in [-0.2, -0.15) is 0 Å². The molecule has 110 valence electrons. The fraction of sp³-hybridized carbons (Fsp3) is 0.500. The molecule has 0 aliphatic heterocycles. The summed E-state index contributed by atoms with van der Waals surface area (Å²) in [7, 11) is 0. The lowest BCUT2D eigenvalue weighted by Gasteiger charge is -2.23. The zero-order chi connectivity index (χ0) is 14.1. The zero-order valence-corrected chi connectivity index (χ0v) is 12.3. The standard InChI is InChI=1S/C18H22N2O/c1-2-5-14(6-3-1)21-18-16-7-4-8-17(20-13-9-10-13)15(16)11-12-19-18/h4,7-8,11-14,20H,1-3,5-6,9-10H2. The molecular formula is C18H22N2O. The molecule has 3 heteroatoms. The largest absolute Gasteiger partial charge is 0.474 e. The Bertz CT molecular complexity index is 630. The lowest BCUT2D eigenvalue weighted by molar-refractivity contribution is 0.151. The average molecular weight is 282 g/mol. The fourth-order valence-corrected chi connectivity index (χ4v) is 3.19. The van der Waals surface area contributed by atoms with E-state index in [1.165, 1.54) is 43.2 Å². The van der Waals surface area contributed by atoms with E-state index in [9.17, 15) is 0 Å². The number of hydrogen-bond acceptors (Lipinski definition) is 3. The molecule has 1 heterocycles. The van der Waals surface area contributed by atoms with Gasteiger partial charge in [0.1, 0.15) is 6.10 Å². The topological polar surface area (TPSA) is 34.2 Å². The average Bonchev–Trinajstić information content (AvgIpc) is 3.33. The summed E-state index contributed by atoms with van der Waals surface area (Å²) in [5.74, 6) is 0.804. The van der Waals surface area contributed by atoms with E-state index in [1.54, 1.807) is 0 Å². The maximum Gasteiger partial charge on any atom is 0.221 e. The lowest BCUT2D eigenvalue weighted by Crippen LogP contribution is -2.20. The van der Waals surface area contributed by atoms with Crippen LogP contribution in [0.1, 0.15) is 44.9 Å². The van der Waals surface area contributed by atoms with E-state index < -0.39 is 0 Å². The molecule has 21 heavy (non-hydrogen) atoms. The van der Waals surface area contributed by atoms with Gasteiger partial charge >= 0.3 is 0 Å². The number of nitrogens with zero attached hydrogens (tertiary/aromatic N) is 1. The van der Waals surface area contributed by atoms with Crippen LogP contribution >= 0.6 is 0 Å². The Labute approximate surface area is 125 Å². The van der Waals surface area contributed by atoms with Gasteiger partial charge in [-0.3, -0.25) is 0 Å². The van der Waals surface area contributed by atoms with E-state index in [-0.39, 0.29) is 0 Å². The van der Waals surface area contributed by atoms with Crippen LogP contribution in [-0.4, -0.2) is 17.1 Å². The molecule has 0 spiro atoms. The number of ether oxygens (including phenoxy) is 1. The van der Waals surface area contributed by atoms with Gasteiger partial charge in [-0.05, 0) is 56.7 Å². The SMILES string of the molecule is c1cc(NC2CC2)c2ccnc(OC3CCCCC3)c2c1. The highest BCUT2D eigenvalue weighted by molar-refractivity contribution is 5.96. The molecule has 1 aromatic heterocycles. The van der Waals surface area contributed by atoms with E-state index >= 15 is 0 Å². The number of aromatic nitrogens is 1. The van der Waals surface area contributed by atoms with Crippen molar-refractivity contribution in [3.05, 3.63) is 30.5 Å². The molecule has 2 fully saturated rings. The van der Waals surface area contributed by atoms with E-state index in [0.29, 0.717) is 12.1 Å². The van der Waals surface area contributed by atoms with Gasteiger partial charge in [-0.15, -0.1) is 0 Å². The molecule has 4 rings (SSSR count). The van der Waals surface area contributed by atoms with E-state index in [4.69, 9.17) is 4.74 Å². The van der Waals surface area contributed by atoms with Gasteiger partial charge in [0, 0.05) is 28.7 Å². The first-order chi connectivity index (χ1) is 10.4. The Morgan fingerprint density at radius 2 is 1.81 bits per heavy atom. The Kier molecular flexibility index (Phi) is 3.42. The minimum Gasteiger partial charge on any atom is -0.474 e. The molecule has 0 radical (unpaired) electrons. The highest BCUT2D eigenvalue weighted by Gasteiger charge is 2.22. The van der Waals surface area contributed by atoms with Crippen LogP contribution in [0, 0.1) is 0 Å². The van der Waals surface area contributed by atoms with Crippen molar-refractivity contribution in [2.75, 3.05) is 5.32 Å². The molecule has 2 aliphatic carbocycles. The minimum absolute atomic E-state index is 0.344. The summed E-state index contributed by atoms with van der Waals surface area (Å²) in [6, 6.07) is 9.13. The fourth-order valence-electron chi connectivity index (χ4n) is 3.19. The normalized spacial score (nSPS) is 19.6. The van der Waals surface area contributed by atoms with E-state index in [0.717, 1.165) is 24.1 Å². The summed E-state index contributed by atoms with van der Waals surface area (Å²) < 4.78 is 6.21. The summed E-state index contributed by atoms with van der Waals surface area (Å²) in [5, 5.41) is 5.97. The maximum absolute atomic E-state index is 6.21. The second-order valence-corrected chi connectivity index (χ2v) is 6.31. The van der Waals surface area contributed by atoms with Crippen LogP contribution in [0.4, 0.5) is 5.69 Å². The molecule has 0 unspecified atom stereocenters. The zero-order valence-electron chi connectivity index (χ0n) is 12.3. The van der Waals surface area contributed by atoms with Crippen LogP contribution < -0.4 is 10.1 Å². The Balaban J connectivity index is 1.65. The molecule has 0 amide bonds. The second-order valence-electron chi connectivity index (χ2n) is 6.31. The van der Waals surface area contributed by atoms with Crippen molar-refractivity contribution in [2.24, 2.45) is 0 Å². The number of rotatable bonds is 4. The summed E-state index contributed by atoms with van der Waals surface area (Å²) in [4.78, 5) is 4.49. The Morgan fingerprint density at radius 1 is 0.952 bits per heavy atom. The number of hydrogen-bond donors (Lipinski definition) is 1. The molecule has 1 N–H and O–H groups in total. The molecule has 2 aromatic rings. The quantitative estimate of drug-likeness (QED) is 0.895. The van der Waals surface area contributed by atoms with Crippen LogP contribution in [0.2, 0.25) is 0 Å². The van der Waals surface area contributed by atoms with Gasteiger partial charge in [0.25, 0.3) is 0 Å². The summed E-state index contributed by atoms with van der Waals surface area (Å²) in [6.07, 6.45) is 11.0. The van der Waals surface area contributed by atoms with Crippen LogP contribution in [0.25, 0.3) is 10.8 Å². The number of anilines is 1. The predicted octanol–water partition coefficient (Wildman–Crippen LogP) is 4.52. The van der Waals surface area contributed by atoms with Crippen molar-refractivity contribution >= 4 is 16.5 Å². The molecule has 0 bridgehead atoms. The van der Waals surface area contributed by atoms with Gasteiger partial charge in [0.15, 0.2) is 0 Å². The molecule has 2 aliphatic rings. The van der Waals surface area contributed by atoms with E-state index in [1.807, 2.05) is 6.20 Å². The number of pyridine rings is 1. The van der Waals surface area contributed by atoms with Gasteiger partial charge in [0.2, 0.25) is 5.88 Å². The monoisotopic (exact) mass is 282 g/mol. The van der Waals surface area contributed by atoms with Crippen LogP contribution in [-0.2, 0) is 0 Å². The Hall–Kier alpha value is -1.77. The highest BCUT2D eigenvalue weighted by atomic mass is 16.5. The first kappa shape index (κ1) is 12.9. The van der Waals surface area contributed by atoms with Crippen molar-refractivity contribution in [3.8, 4) is 5.88 Å². The number of fused-ring (bicyclic) bond motifs is 1. The van der Waals surface area contributed by atoms with Gasteiger partial charge < -0.3 is 10.1 Å². The van der Waals surface area contributed by atoms with Crippen molar-refractivity contribution < 1.29 is 4.74 Å². The third-order valence-electron chi connectivity index (χ3n) is 4.54. The molecule has 3 nitrogen and oxygen atoms in total. The molecule has 0 saturated heterocycles. The first-order valence-corrected chi connectivity index (χ1v) is 8.21. The third kappa shape index (κ3) is 2.82. The summed E-state index contributed by atoms with van der Waals surface area (Å²) >= 11 is 0. The molecular weight excluding hydrogens is 260 g/mol. The van der Waals surface area contributed by atoms with Crippen LogP contribution in [0.15, 0.2) is 30.5 Å². The smallest absolute Gasteiger partial charge is 0.221 e. The number of benzene rings is 1. The maximum atomic E-state index is 6.21. The third-order valence-corrected chi connectivity index (χ3v) is 4.54. The second kappa shape index (κ2) is 5.55. The highest BCUT2D eigenvalue weighted by Crippen LogP contribution is 2.34. The van der Waals surface area contributed by atoms with Crippen LogP contribution in [0.3, 0.4) is 0 Å². The first-order valence-electron chi connectivity index (χ1n) is 8.21. The van der Waals surface area contributed by atoms with Gasteiger partial charge in [-0.1, -0.05) is 12.5 Å². The predicted molar refractivity (Wildman–Crippen MR) is 85.9 cm³/mol. The van der Waals surface area contributed by atoms with Crippen LogP contribution in [0.5, 0.6) is 5.88 Å². The summed E-state index contributed by atoms with van der Waals surface area (Å²) in [6.45, 7) is 0. The Morgan fingerprint density at radius 3 is 2.62 bits per heavy atom. The van der Waals surface area contributed by atoms with E-state index in [2.05, 4.69) is 34.6 Å². The van der Waals surface area contributed by atoms with Crippen molar-refractivity contribution in [1.29, 1.82) is 0 Å². The molecule has 2 saturated carbocycles. The van der Waals surface area contributed by atoms with Crippen molar-refractivity contribution in [3.63, 3.8) is 0 Å². The summed E-state index contributed by atoms with van der Waals surface area (Å²) in [5.41, 5.74) is 1.21. The molecule has 1 aromatic carbocycles. The van der Waals surface area contributed by atoms with Gasteiger partial charge in [-0.25, -0.2) is 4.98 Å². The molecule has 0 atom stereocenters. The van der Waals surface area contributed by atoms with Crippen molar-refractivity contribution in [2.45, 2.75) is 57.1 Å².